The van der Waals surface area contributed by atoms with Crippen LogP contribution in [0, 0.1) is 6.92 Å². The molecule has 0 spiro atoms. The molecule has 106 valence electrons. The number of aromatic amines is 1. The molecule has 2 heterocycles. The Labute approximate surface area is 120 Å². The van der Waals surface area contributed by atoms with Gasteiger partial charge >= 0.3 is 5.97 Å². The summed E-state index contributed by atoms with van der Waals surface area (Å²) in [6, 6.07) is 1.73. The van der Waals surface area contributed by atoms with E-state index in [0.29, 0.717) is 5.69 Å². The van der Waals surface area contributed by atoms with Gasteiger partial charge in [0.25, 0.3) is 5.91 Å². The number of carbonyl (C=O) groups is 2. The number of aromatic nitrogens is 2. The van der Waals surface area contributed by atoms with E-state index in [9.17, 15) is 9.59 Å². The van der Waals surface area contributed by atoms with Crippen molar-refractivity contribution in [3.05, 3.63) is 28.3 Å². The van der Waals surface area contributed by atoms with Gasteiger partial charge in [0, 0.05) is 30.7 Å². The van der Waals surface area contributed by atoms with Crippen LogP contribution < -0.4 is 0 Å². The summed E-state index contributed by atoms with van der Waals surface area (Å²) in [5.41, 5.74) is 2.11. The molecule has 0 unspecified atom stereocenters. The Morgan fingerprint density at radius 1 is 1.50 bits per heavy atom. The number of rotatable bonds is 5. The summed E-state index contributed by atoms with van der Waals surface area (Å²) in [6.45, 7) is 2.10. The molecule has 1 amide bonds. The van der Waals surface area contributed by atoms with Crippen molar-refractivity contribution >= 4 is 23.2 Å². The van der Waals surface area contributed by atoms with Crippen LogP contribution in [0.5, 0.6) is 0 Å². The Balaban J connectivity index is 2.08. The van der Waals surface area contributed by atoms with Crippen LogP contribution in [0.4, 0.5) is 0 Å². The van der Waals surface area contributed by atoms with Crippen LogP contribution >= 0.6 is 11.3 Å². The Hall–Kier alpha value is -2.15. The number of hydrogen-bond acceptors (Lipinski definition) is 4. The average molecular weight is 293 g/mol. The van der Waals surface area contributed by atoms with E-state index >= 15 is 0 Å². The minimum absolute atomic E-state index is 0.0684. The number of aliphatic carboxylic acids is 1. The number of carbonyl (C=O) groups excluding carboxylic acids is 1. The number of nitrogens with one attached hydrogen (secondary N) is 1. The molecule has 0 fully saturated rings. The fraction of sp³-hybridized carbons (Fsp3) is 0.308. The number of nitrogens with zero attached hydrogens (tertiary/aromatic N) is 2. The van der Waals surface area contributed by atoms with E-state index in [1.807, 2.05) is 12.3 Å². The highest BCUT2D eigenvalue weighted by atomic mass is 32.1. The van der Waals surface area contributed by atoms with Crippen molar-refractivity contribution in [2.24, 2.45) is 0 Å². The van der Waals surface area contributed by atoms with E-state index < -0.39 is 5.97 Å². The van der Waals surface area contributed by atoms with Gasteiger partial charge < -0.3 is 15.0 Å². The number of carboxylic acids is 1. The molecule has 20 heavy (non-hydrogen) atoms. The normalized spacial score (nSPS) is 10.5. The fourth-order valence-electron chi connectivity index (χ4n) is 1.73. The number of thiazole rings is 1. The van der Waals surface area contributed by atoms with Gasteiger partial charge in [0.1, 0.15) is 5.69 Å². The first-order chi connectivity index (χ1) is 9.47. The highest BCUT2D eigenvalue weighted by molar-refractivity contribution is 7.09. The van der Waals surface area contributed by atoms with Gasteiger partial charge in [-0.15, -0.1) is 11.3 Å². The highest BCUT2D eigenvalue weighted by Crippen LogP contribution is 2.22. The predicted octanol–water partition coefficient (Wildman–Crippen LogP) is 1.99. The molecule has 0 aliphatic heterocycles. The largest absolute Gasteiger partial charge is 0.481 e. The molecule has 7 heteroatoms. The number of aryl methyl sites for hydroxylation is 1. The van der Waals surface area contributed by atoms with Crippen LogP contribution in [0.1, 0.15) is 21.9 Å². The summed E-state index contributed by atoms with van der Waals surface area (Å²) in [5, 5.41) is 11.5. The fourth-order valence-corrected chi connectivity index (χ4v) is 2.35. The summed E-state index contributed by atoms with van der Waals surface area (Å²) in [7, 11) is 1.58. The molecule has 2 N–H and O–H groups in total. The average Bonchev–Trinajstić information content (AvgIpc) is 3.03. The predicted molar refractivity (Wildman–Crippen MR) is 75.9 cm³/mol. The van der Waals surface area contributed by atoms with Gasteiger partial charge in [0.15, 0.2) is 0 Å². The van der Waals surface area contributed by atoms with E-state index in [2.05, 4.69) is 9.97 Å². The van der Waals surface area contributed by atoms with E-state index in [4.69, 9.17) is 5.11 Å². The van der Waals surface area contributed by atoms with E-state index in [1.54, 1.807) is 30.6 Å². The quantitative estimate of drug-likeness (QED) is 0.882. The van der Waals surface area contributed by atoms with Crippen molar-refractivity contribution in [2.45, 2.75) is 13.3 Å². The minimum Gasteiger partial charge on any atom is -0.481 e. The summed E-state index contributed by atoms with van der Waals surface area (Å²) in [5.74, 6) is -1.15. The molecule has 2 rings (SSSR count). The second-order valence-corrected chi connectivity index (χ2v) is 5.49. The summed E-state index contributed by atoms with van der Waals surface area (Å²) >= 11 is 1.55. The summed E-state index contributed by atoms with van der Waals surface area (Å²) in [4.78, 5) is 31.2. The van der Waals surface area contributed by atoms with Crippen LogP contribution in [0.15, 0.2) is 17.6 Å². The second-order valence-electron chi connectivity index (χ2n) is 4.42. The highest BCUT2D eigenvalue weighted by Gasteiger charge is 2.15. The maximum absolute atomic E-state index is 12.1. The molecular formula is C13H15N3O3S. The Morgan fingerprint density at radius 3 is 2.85 bits per heavy atom. The smallest absolute Gasteiger partial charge is 0.305 e. The molecule has 0 aliphatic carbocycles. The Bertz CT molecular complexity index is 632. The van der Waals surface area contributed by atoms with Gasteiger partial charge in [-0.1, -0.05) is 0 Å². The molecule has 0 atom stereocenters. The van der Waals surface area contributed by atoms with Gasteiger partial charge in [-0.2, -0.15) is 0 Å². The molecule has 2 aromatic heterocycles. The lowest BCUT2D eigenvalue weighted by Crippen LogP contribution is -2.29. The van der Waals surface area contributed by atoms with Crippen molar-refractivity contribution < 1.29 is 14.7 Å². The zero-order valence-corrected chi connectivity index (χ0v) is 12.0. The molecule has 2 aromatic rings. The zero-order valence-electron chi connectivity index (χ0n) is 11.2. The van der Waals surface area contributed by atoms with Crippen LogP contribution in [0.2, 0.25) is 0 Å². The van der Waals surface area contributed by atoms with E-state index in [-0.39, 0.29) is 18.9 Å². The SMILES string of the molecule is Cc1nc(-c2c[nH]c(C(=O)N(C)CCC(=O)O)c2)cs1. The lowest BCUT2D eigenvalue weighted by molar-refractivity contribution is -0.137. The number of carboxylic acid groups (broad SMARTS) is 1. The lowest BCUT2D eigenvalue weighted by atomic mass is 10.2. The number of hydrogen-bond donors (Lipinski definition) is 2. The first kappa shape index (κ1) is 14.3. The van der Waals surface area contributed by atoms with E-state index in [0.717, 1.165) is 16.3 Å². The van der Waals surface area contributed by atoms with Crippen molar-refractivity contribution in [3.63, 3.8) is 0 Å². The van der Waals surface area contributed by atoms with Crippen LogP contribution in [0.3, 0.4) is 0 Å². The maximum Gasteiger partial charge on any atom is 0.305 e. The second kappa shape index (κ2) is 5.87. The third-order valence-corrected chi connectivity index (χ3v) is 3.61. The zero-order chi connectivity index (χ0) is 14.7. The third kappa shape index (κ3) is 3.24. The monoisotopic (exact) mass is 293 g/mol. The third-order valence-electron chi connectivity index (χ3n) is 2.84. The van der Waals surface area contributed by atoms with Crippen molar-refractivity contribution in [2.75, 3.05) is 13.6 Å². The Kier molecular flexibility index (Phi) is 4.19. The molecular weight excluding hydrogens is 278 g/mol. The maximum atomic E-state index is 12.1. The van der Waals surface area contributed by atoms with Crippen molar-refractivity contribution in [3.8, 4) is 11.3 Å². The Morgan fingerprint density at radius 2 is 2.25 bits per heavy atom. The molecule has 0 aromatic carbocycles. The van der Waals surface area contributed by atoms with Crippen LogP contribution in [-0.4, -0.2) is 45.4 Å². The molecule has 0 radical (unpaired) electrons. The molecule has 0 saturated carbocycles. The van der Waals surface area contributed by atoms with Crippen molar-refractivity contribution in [1.29, 1.82) is 0 Å². The van der Waals surface area contributed by atoms with Gasteiger partial charge in [0.05, 0.1) is 17.1 Å². The van der Waals surface area contributed by atoms with Crippen molar-refractivity contribution in [1.82, 2.24) is 14.9 Å². The van der Waals surface area contributed by atoms with Gasteiger partial charge in [-0.3, -0.25) is 9.59 Å². The number of H-pyrrole nitrogens is 1. The van der Waals surface area contributed by atoms with E-state index in [1.165, 1.54) is 4.90 Å². The summed E-state index contributed by atoms with van der Waals surface area (Å²) < 4.78 is 0. The lowest BCUT2D eigenvalue weighted by Gasteiger charge is -2.14. The van der Waals surface area contributed by atoms with Crippen LogP contribution in [-0.2, 0) is 4.79 Å². The molecule has 0 saturated heterocycles. The standard InChI is InChI=1S/C13H15N3O3S/c1-8-15-11(7-20-8)9-5-10(14-6-9)13(19)16(2)4-3-12(17)18/h5-7,14H,3-4H2,1-2H3,(H,17,18). The molecule has 0 bridgehead atoms. The first-order valence-electron chi connectivity index (χ1n) is 6.05. The van der Waals surface area contributed by atoms with Gasteiger partial charge in [-0.05, 0) is 13.0 Å². The first-order valence-corrected chi connectivity index (χ1v) is 6.93. The summed E-state index contributed by atoms with van der Waals surface area (Å²) in [6.07, 6.45) is 1.66. The molecule has 0 aliphatic rings. The van der Waals surface area contributed by atoms with Gasteiger partial charge in [-0.25, -0.2) is 4.98 Å². The number of amides is 1. The topological polar surface area (TPSA) is 86.3 Å². The van der Waals surface area contributed by atoms with Gasteiger partial charge in [0.2, 0.25) is 0 Å². The van der Waals surface area contributed by atoms with Crippen LogP contribution in [0.25, 0.3) is 11.3 Å². The molecule has 6 nitrogen and oxygen atoms in total. The minimum atomic E-state index is -0.922.